The van der Waals surface area contributed by atoms with Crippen molar-refractivity contribution in [3.63, 3.8) is 0 Å². The summed E-state index contributed by atoms with van der Waals surface area (Å²) in [6, 6.07) is 0. The fraction of sp³-hybridized carbons (Fsp3) is 0.600. The molecule has 0 saturated carbocycles. The number of halogens is 1. The molecule has 0 heterocycles. The average molecular weight is 154 g/mol. The summed E-state index contributed by atoms with van der Waals surface area (Å²) in [4.78, 5) is 0. The molecule has 0 radical (unpaired) electrons. The first-order valence-corrected chi connectivity index (χ1v) is 4.34. The Kier molecular flexibility index (Phi) is 3.34. The van der Waals surface area contributed by atoms with Crippen molar-refractivity contribution in [3.05, 3.63) is 23.8 Å². The van der Waals surface area contributed by atoms with Crippen LogP contribution in [-0.4, -0.2) is 6.17 Å². The molecule has 0 saturated heterocycles. The summed E-state index contributed by atoms with van der Waals surface area (Å²) in [5, 5.41) is 0. The molecule has 0 aromatic carbocycles. The Balaban J connectivity index is 2.37. The van der Waals surface area contributed by atoms with Gasteiger partial charge >= 0.3 is 0 Å². The van der Waals surface area contributed by atoms with Crippen LogP contribution in [0, 0.1) is 0 Å². The molecule has 0 N–H and O–H groups in total. The van der Waals surface area contributed by atoms with Gasteiger partial charge in [-0.25, -0.2) is 4.39 Å². The van der Waals surface area contributed by atoms with E-state index in [1.54, 1.807) is 6.08 Å². The molecule has 0 aromatic rings. The SMILES string of the molecule is CCCCC1=CC(F)CC=C1. The van der Waals surface area contributed by atoms with Crippen LogP contribution < -0.4 is 0 Å². The maximum Gasteiger partial charge on any atom is 0.122 e. The predicted molar refractivity (Wildman–Crippen MR) is 46.3 cm³/mol. The highest BCUT2D eigenvalue weighted by molar-refractivity contribution is 5.24. The molecule has 0 nitrogen and oxygen atoms in total. The number of unbranched alkanes of at least 4 members (excludes halogenated alkanes) is 1. The Morgan fingerprint density at radius 3 is 3.09 bits per heavy atom. The van der Waals surface area contributed by atoms with Crippen LogP contribution in [0.15, 0.2) is 23.8 Å². The number of hydrogen-bond acceptors (Lipinski definition) is 0. The van der Waals surface area contributed by atoms with Gasteiger partial charge in [0.1, 0.15) is 6.17 Å². The smallest absolute Gasteiger partial charge is 0.122 e. The second kappa shape index (κ2) is 4.32. The van der Waals surface area contributed by atoms with Gasteiger partial charge in [-0.15, -0.1) is 0 Å². The van der Waals surface area contributed by atoms with Crippen molar-refractivity contribution >= 4 is 0 Å². The van der Waals surface area contributed by atoms with Gasteiger partial charge in [0, 0.05) is 6.42 Å². The number of rotatable bonds is 3. The van der Waals surface area contributed by atoms with Crippen molar-refractivity contribution in [2.45, 2.75) is 38.8 Å². The fourth-order valence-electron chi connectivity index (χ4n) is 1.25. The summed E-state index contributed by atoms with van der Waals surface area (Å²) in [5.41, 5.74) is 1.17. The standard InChI is InChI=1S/C10H15F/c1-2-3-5-9-6-4-7-10(11)8-9/h4,6,8,10H,2-3,5,7H2,1H3. The van der Waals surface area contributed by atoms with Gasteiger partial charge in [0.15, 0.2) is 0 Å². The highest BCUT2D eigenvalue weighted by Crippen LogP contribution is 2.17. The van der Waals surface area contributed by atoms with E-state index in [1.165, 1.54) is 18.4 Å². The lowest BCUT2D eigenvalue weighted by Crippen LogP contribution is -1.99. The molecule has 1 rings (SSSR count). The average Bonchev–Trinajstić information content (AvgIpc) is 2.01. The number of allylic oxidation sites excluding steroid dienone is 4. The van der Waals surface area contributed by atoms with Crippen molar-refractivity contribution in [1.82, 2.24) is 0 Å². The Morgan fingerprint density at radius 2 is 2.45 bits per heavy atom. The fourth-order valence-corrected chi connectivity index (χ4v) is 1.25. The quantitative estimate of drug-likeness (QED) is 0.584. The third-order valence-corrected chi connectivity index (χ3v) is 1.91. The minimum Gasteiger partial charge on any atom is -0.243 e. The van der Waals surface area contributed by atoms with Crippen molar-refractivity contribution < 1.29 is 4.39 Å². The van der Waals surface area contributed by atoms with Crippen LogP contribution in [0.5, 0.6) is 0 Å². The molecule has 1 atom stereocenters. The van der Waals surface area contributed by atoms with E-state index in [0.717, 1.165) is 6.42 Å². The first-order chi connectivity index (χ1) is 5.33. The third-order valence-electron chi connectivity index (χ3n) is 1.91. The predicted octanol–water partition coefficient (Wildman–Crippen LogP) is 3.40. The largest absolute Gasteiger partial charge is 0.243 e. The first kappa shape index (κ1) is 8.51. The second-order valence-corrected chi connectivity index (χ2v) is 3.00. The summed E-state index contributed by atoms with van der Waals surface area (Å²) < 4.78 is 12.7. The lowest BCUT2D eigenvalue weighted by molar-refractivity contribution is 0.399. The van der Waals surface area contributed by atoms with Gasteiger partial charge in [0.05, 0.1) is 0 Å². The topological polar surface area (TPSA) is 0 Å². The molecular weight excluding hydrogens is 139 g/mol. The van der Waals surface area contributed by atoms with E-state index < -0.39 is 6.17 Å². The Hall–Kier alpha value is -0.590. The maximum atomic E-state index is 12.7. The molecule has 1 unspecified atom stereocenters. The molecule has 1 aliphatic carbocycles. The van der Waals surface area contributed by atoms with Gasteiger partial charge in [-0.1, -0.05) is 25.5 Å². The van der Waals surface area contributed by atoms with Crippen molar-refractivity contribution in [1.29, 1.82) is 0 Å². The lowest BCUT2D eigenvalue weighted by Gasteiger charge is -2.08. The molecule has 62 valence electrons. The summed E-state index contributed by atoms with van der Waals surface area (Å²) in [6.45, 7) is 2.15. The van der Waals surface area contributed by atoms with E-state index in [-0.39, 0.29) is 0 Å². The van der Waals surface area contributed by atoms with Gasteiger partial charge in [0.25, 0.3) is 0 Å². The van der Waals surface area contributed by atoms with Crippen molar-refractivity contribution in [2.75, 3.05) is 0 Å². The zero-order chi connectivity index (χ0) is 8.10. The van der Waals surface area contributed by atoms with Crippen LogP contribution in [0.1, 0.15) is 32.6 Å². The Bertz CT molecular complexity index is 168. The number of hydrogen-bond donors (Lipinski definition) is 0. The summed E-state index contributed by atoms with van der Waals surface area (Å²) >= 11 is 0. The van der Waals surface area contributed by atoms with E-state index in [1.807, 2.05) is 12.2 Å². The van der Waals surface area contributed by atoms with Crippen LogP contribution in [0.3, 0.4) is 0 Å². The normalized spacial score (nSPS) is 23.5. The van der Waals surface area contributed by atoms with E-state index in [2.05, 4.69) is 6.92 Å². The van der Waals surface area contributed by atoms with E-state index in [4.69, 9.17) is 0 Å². The zero-order valence-electron chi connectivity index (χ0n) is 7.02. The second-order valence-electron chi connectivity index (χ2n) is 3.00. The molecule has 0 aromatic heterocycles. The summed E-state index contributed by atoms with van der Waals surface area (Å²) in [6.07, 6.45) is 8.94. The summed E-state index contributed by atoms with van der Waals surface area (Å²) in [5.74, 6) is 0. The summed E-state index contributed by atoms with van der Waals surface area (Å²) in [7, 11) is 0. The van der Waals surface area contributed by atoms with Crippen LogP contribution in [0.2, 0.25) is 0 Å². The van der Waals surface area contributed by atoms with E-state index >= 15 is 0 Å². The molecule has 0 aliphatic heterocycles. The highest BCUT2D eigenvalue weighted by atomic mass is 19.1. The number of alkyl halides is 1. The monoisotopic (exact) mass is 154 g/mol. The van der Waals surface area contributed by atoms with E-state index in [9.17, 15) is 4.39 Å². The molecule has 0 amide bonds. The van der Waals surface area contributed by atoms with Crippen LogP contribution in [0.4, 0.5) is 4.39 Å². The van der Waals surface area contributed by atoms with Gasteiger partial charge in [0.2, 0.25) is 0 Å². The van der Waals surface area contributed by atoms with Crippen LogP contribution in [0.25, 0.3) is 0 Å². The molecule has 1 heteroatoms. The van der Waals surface area contributed by atoms with Gasteiger partial charge < -0.3 is 0 Å². The van der Waals surface area contributed by atoms with Gasteiger partial charge in [-0.3, -0.25) is 0 Å². The third kappa shape index (κ3) is 2.87. The molecule has 0 bridgehead atoms. The Labute approximate surface area is 67.8 Å². The molecular formula is C10H15F. The molecule has 0 fully saturated rings. The molecule has 1 aliphatic rings. The lowest BCUT2D eigenvalue weighted by atomic mass is 10.0. The van der Waals surface area contributed by atoms with Crippen LogP contribution >= 0.6 is 0 Å². The van der Waals surface area contributed by atoms with Crippen molar-refractivity contribution in [2.24, 2.45) is 0 Å². The minimum absolute atomic E-state index is 0.565. The van der Waals surface area contributed by atoms with Gasteiger partial charge in [-0.05, 0) is 24.5 Å². The zero-order valence-corrected chi connectivity index (χ0v) is 7.02. The van der Waals surface area contributed by atoms with Crippen molar-refractivity contribution in [3.8, 4) is 0 Å². The van der Waals surface area contributed by atoms with E-state index in [0.29, 0.717) is 6.42 Å². The van der Waals surface area contributed by atoms with Crippen LogP contribution in [-0.2, 0) is 0 Å². The maximum absolute atomic E-state index is 12.7. The first-order valence-electron chi connectivity index (χ1n) is 4.34. The molecule has 0 spiro atoms. The minimum atomic E-state index is -0.730. The van der Waals surface area contributed by atoms with Gasteiger partial charge in [-0.2, -0.15) is 0 Å². The Morgan fingerprint density at radius 1 is 1.64 bits per heavy atom. The highest BCUT2D eigenvalue weighted by Gasteiger charge is 2.05. The molecule has 11 heavy (non-hydrogen) atoms.